The molecule has 0 spiro atoms. The number of methoxy groups -OCH3 is 3. The summed E-state index contributed by atoms with van der Waals surface area (Å²) in [5.74, 6) is 1.67. The van der Waals surface area contributed by atoms with E-state index in [-0.39, 0.29) is 37.6 Å². The van der Waals surface area contributed by atoms with Gasteiger partial charge in [-0.25, -0.2) is 26.4 Å². The fourth-order valence-electron chi connectivity index (χ4n) is 6.28. The van der Waals surface area contributed by atoms with Crippen molar-refractivity contribution in [3.8, 4) is 28.6 Å². The molecule has 19 heteroatoms. The van der Waals surface area contributed by atoms with Gasteiger partial charge < -0.3 is 19.3 Å². The first kappa shape index (κ1) is 44.3. The van der Waals surface area contributed by atoms with Crippen LogP contribution in [0.4, 0.5) is 4.79 Å². The Labute approximate surface area is 352 Å². The molecule has 5 aromatic rings. The lowest BCUT2D eigenvalue weighted by Gasteiger charge is -2.38. The second-order valence-electron chi connectivity index (χ2n) is 14.2. The van der Waals surface area contributed by atoms with Crippen LogP contribution in [0, 0.1) is 3.57 Å². The van der Waals surface area contributed by atoms with Crippen LogP contribution < -0.4 is 18.9 Å². The molecule has 2 N–H and O–H groups in total. The molecule has 1 atom stereocenters. The minimum Gasteiger partial charge on any atom is -0.497 e. The average Bonchev–Trinajstić information content (AvgIpc) is 3.64. The van der Waals surface area contributed by atoms with Crippen molar-refractivity contribution in [3.05, 3.63) is 105 Å². The van der Waals surface area contributed by atoms with Crippen LogP contribution in [0.15, 0.2) is 94.7 Å². The third-order valence-electron chi connectivity index (χ3n) is 9.09. The molecule has 1 heterocycles. The Bertz CT molecular complexity index is 2370. The smallest absolute Gasteiger partial charge is 0.408 e. The molecule has 58 heavy (non-hydrogen) atoms. The highest BCUT2D eigenvalue weighted by molar-refractivity contribution is 14.1. The third-order valence-corrected chi connectivity index (χ3v) is 13.5. The number of ether oxygens (including phenoxy) is 3. The maximum atomic E-state index is 15.4. The van der Waals surface area contributed by atoms with E-state index >= 15 is 8.42 Å². The zero-order valence-electron chi connectivity index (χ0n) is 33.1. The largest absolute Gasteiger partial charge is 0.497 e. The number of nitrogens with one attached hydrogen (secondary N) is 1. The molecule has 5 rings (SSSR count). The van der Waals surface area contributed by atoms with Crippen LogP contribution in [0.25, 0.3) is 11.4 Å². The molecule has 16 nitrogen and oxygen atoms in total. The maximum absolute atomic E-state index is 15.4. The van der Waals surface area contributed by atoms with Gasteiger partial charge in [-0.15, -0.1) is 10.2 Å². The molecular weight excluding hydrogens is 902 g/mol. The summed E-state index contributed by atoms with van der Waals surface area (Å²) < 4.78 is 79.7. The molecule has 0 bridgehead atoms. The molecule has 0 aliphatic heterocycles. The number of sulfonamides is 2. The Hall–Kier alpha value is -4.83. The van der Waals surface area contributed by atoms with Crippen molar-refractivity contribution in [2.24, 2.45) is 0 Å². The van der Waals surface area contributed by atoms with Crippen molar-refractivity contribution in [1.29, 1.82) is 0 Å². The van der Waals surface area contributed by atoms with Gasteiger partial charge in [-0.2, -0.15) is 9.10 Å². The standard InChI is InChI=1S/C39H46IN7O9S2/c1-26(47(38(48)49)39(2,3)4)22-41-57(50,51)34-21-20-33(40)35(37-42-44-46(43-37)25-29-12-18-32(56-7)19-13-29)36(34)58(52,53)45(23-27-8-14-30(54-5)15-9-27)24-28-10-16-31(55-6)17-11-28/h8-21,26,41H,22-25H2,1-7H3,(H,48,49)/t26-/m1/s1. The summed E-state index contributed by atoms with van der Waals surface area (Å²) >= 11 is 1.93. The van der Waals surface area contributed by atoms with Crippen molar-refractivity contribution in [1.82, 2.24) is 34.1 Å². The summed E-state index contributed by atoms with van der Waals surface area (Å²) in [7, 11) is -4.85. The average molecular weight is 948 g/mol. The van der Waals surface area contributed by atoms with Crippen LogP contribution in [0.2, 0.25) is 0 Å². The second kappa shape index (κ2) is 18.4. The van der Waals surface area contributed by atoms with E-state index < -0.39 is 47.5 Å². The monoisotopic (exact) mass is 947 g/mol. The van der Waals surface area contributed by atoms with Gasteiger partial charge in [0.2, 0.25) is 25.9 Å². The number of aromatic nitrogens is 4. The molecule has 0 aliphatic rings. The molecule has 1 aromatic heterocycles. The van der Waals surface area contributed by atoms with E-state index in [1.807, 2.05) is 34.7 Å². The van der Waals surface area contributed by atoms with E-state index in [2.05, 4.69) is 20.1 Å². The topological polar surface area (TPSA) is 195 Å². The number of amides is 1. The number of halogens is 1. The van der Waals surface area contributed by atoms with Gasteiger partial charge in [-0.3, -0.25) is 4.90 Å². The van der Waals surface area contributed by atoms with E-state index in [0.717, 1.165) is 10.5 Å². The van der Waals surface area contributed by atoms with Crippen molar-refractivity contribution in [2.45, 2.75) is 68.7 Å². The van der Waals surface area contributed by atoms with Gasteiger partial charge in [0.05, 0.1) is 33.4 Å². The summed E-state index contributed by atoms with van der Waals surface area (Å²) in [6.45, 7) is 6.13. The van der Waals surface area contributed by atoms with Crippen molar-refractivity contribution >= 4 is 48.7 Å². The molecule has 0 radical (unpaired) electrons. The summed E-state index contributed by atoms with van der Waals surface area (Å²) in [6.07, 6.45) is -1.24. The van der Waals surface area contributed by atoms with Gasteiger partial charge in [0.15, 0.2) is 0 Å². The van der Waals surface area contributed by atoms with Crippen molar-refractivity contribution in [2.75, 3.05) is 27.9 Å². The molecule has 1 amide bonds. The van der Waals surface area contributed by atoms with Crippen LogP contribution in [0.3, 0.4) is 0 Å². The number of carboxylic acid groups (broad SMARTS) is 1. The number of tetrazole rings is 1. The molecule has 0 fully saturated rings. The summed E-state index contributed by atoms with van der Waals surface area (Å²) in [6, 6.07) is 22.7. The molecular formula is C39H46IN7O9S2. The predicted octanol–water partition coefficient (Wildman–Crippen LogP) is 5.86. The zero-order valence-corrected chi connectivity index (χ0v) is 36.9. The molecule has 0 saturated carbocycles. The first-order valence-electron chi connectivity index (χ1n) is 17.9. The highest BCUT2D eigenvalue weighted by atomic mass is 127. The molecule has 0 saturated heterocycles. The quantitative estimate of drug-likeness (QED) is 0.106. The van der Waals surface area contributed by atoms with E-state index in [0.29, 0.717) is 31.9 Å². The highest BCUT2D eigenvalue weighted by Crippen LogP contribution is 2.38. The number of carbonyl (C=O) groups is 1. The third kappa shape index (κ3) is 10.4. The lowest BCUT2D eigenvalue weighted by atomic mass is 10.0. The second-order valence-corrected chi connectivity index (χ2v) is 19.0. The maximum Gasteiger partial charge on any atom is 0.408 e. The zero-order chi connectivity index (χ0) is 42.4. The van der Waals surface area contributed by atoms with Gasteiger partial charge in [0, 0.05) is 34.8 Å². The van der Waals surface area contributed by atoms with Crippen LogP contribution in [-0.2, 0) is 39.7 Å². The Morgan fingerprint density at radius 3 is 1.74 bits per heavy atom. The van der Waals surface area contributed by atoms with Crippen LogP contribution in [-0.4, -0.2) is 96.9 Å². The summed E-state index contributed by atoms with van der Waals surface area (Å²) in [5, 5.41) is 23.0. The van der Waals surface area contributed by atoms with Crippen LogP contribution in [0.5, 0.6) is 17.2 Å². The highest BCUT2D eigenvalue weighted by Gasteiger charge is 2.38. The number of rotatable bonds is 17. The Balaban J connectivity index is 1.68. The van der Waals surface area contributed by atoms with E-state index in [1.54, 1.807) is 95.5 Å². The minimum absolute atomic E-state index is 0.0752. The Morgan fingerprint density at radius 1 is 0.810 bits per heavy atom. The number of hydrogen-bond donors (Lipinski definition) is 2. The van der Waals surface area contributed by atoms with E-state index in [9.17, 15) is 18.3 Å². The van der Waals surface area contributed by atoms with Gasteiger partial charge in [0.25, 0.3) is 0 Å². The minimum atomic E-state index is -4.78. The number of benzene rings is 4. The van der Waals surface area contributed by atoms with Crippen LogP contribution in [0.1, 0.15) is 44.4 Å². The molecule has 0 unspecified atom stereocenters. The Morgan fingerprint density at radius 2 is 1.29 bits per heavy atom. The summed E-state index contributed by atoms with van der Waals surface area (Å²) in [4.78, 5) is 13.5. The molecule has 0 aliphatic carbocycles. The number of hydrogen-bond acceptors (Lipinski definition) is 11. The van der Waals surface area contributed by atoms with Gasteiger partial charge in [-0.1, -0.05) is 36.4 Å². The van der Waals surface area contributed by atoms with Crippen molar-refractivity contribution < 1.29 is 40.9 Å². The SMILES string of the molecule is COc1ccc(CN(Cc2ccc(OC)cc2)S(=O)(=O)c2c(S(=O)(=O)NC[C@@H](C)N(C(=O)O)C(C)(C)C)ccc(I)c2-c2nnn(Cc3ccc(OC)cc3)n2)cc1. The fourth-order valence-corrected chi connectivity index (χ4v) is 10.7. The van der Waals surface area contributed by atoms with E-state index in [1.165, 1.54) is 35.5 Å². The lowest BCUT2D eigenvalue weighted by Crippen LogP contribution is -2.53. The van der Waals surface area contributed by atoms with Gasteiger partial charge in [0.1, 0.15) is 27.0 Å². The summed E-state index contributed by atoms with van der Waals surface area (Å²) in [5.41, 5.74) is 1.06. The molecule has 310 valence electrons. The number of nitrogens with zero attached hydrogens (tertiary/aromatic N) is 6. The Kier molecular flexibility index (Phi) is 14.0. The van der Waals surface area contributed by atoms with Crippen molar-refractivity contribution in [3.63, 3.8) is 0 Å². The van der Waals surface area contributed by atoms with Gasteiger partial charge in [-0.05, 0) is 121 Å². The molecule has 4 aromatic carbocycles. The lowest BCUT2D eigenvalue weighted by molar-refractivity contribution is 0.0767. The predicted molar refractivity (Wildman–Crippen MR) is 225 cm³/mol. The normalized spacial score (nSPS) is 12.6. The van der Waals surface area contributed by atoms with Crippen LogP contribution >= 0.6 is 22.6 Å². The first-order chi connectivity index (χ1) is 27.4. The van der Waals surface area contributed by atoms with E-state index in [4.69, 9.17) is 14.2 Å². The van der Waals surface area contributed by atoms with Gasteiger partial charge >= 0.3 is 6.09 Å². The first-order valence-corrected chi connectivity index (χ1v) is 21.9. The fraction of sp³-hybridized carbons (Fsp3) is 0.333.